The predicted molar refractivity (Wildman–Crippen MR) is 424 cm³/mol. The fourth-order valence-corrected chi connectivity index (χ4v) is 13.6. The Morgan fingerprint density at radius 3 is 1.06 bits per heavy atom. The molecule has 0 bridgehead atoms. The van der Waals surface area contributed by atoms with E-state index in [2.05, 4.69) is 116 Å². The van der Waals surface area contributed by atoms with Crippen LogP contribution in [0.2, 0.25) is 0 Å². The second-order valence-corrected chi connectivity index (χ2v) is 29.6. The second-order valence-electron chi connectivity index (χ2n) is 29.6. The van der Waals surface area contributed by atoms with Crippen LogP contribution in [0.3, 0.4) is 0 Å². The summed E-state index contributed by atoms with van der Waals surface area (Å²) in [7, 11) is 0. The number of hydrogen-bond donors (Lipinski definition) is 12. The molecule has 1 amide bonds. The Balaban J connectivity index is 1.37. The molecule has 0 aliphatic carbocycles. The van der Waals surface area contributed by atoms with Gasteiger partial charge in [-0.2, -0.15) is 0 Å². The third kappa shape index (κ3) is 45.1. The molecular formula is C87H151NO18. The Labute approximate surface area is 640 Å². The Kier molecular flexibility index (Phi) is 60.3. The molecule has 3 saturated heterocycles. The quantitative estimate of drug-likeness (QED) is 0.0199. The van der Waals surface area contributed by atoms with Gasteiger partial charge >= 0.3 is 0 Å². The van der Waals surface area contributed by atoms with Crippen molar-refractivity contribution in [3.63, 3.8) is 0 Å². The van der Waals surface area contributed by atoms with Crippen molar-refractivity contribution in [3.8, 4) is 0 Å². The van der Waals surface area contributed by atoms with Crippen LogP contribution in [-0.2, 0) is 33.2 Å². The van der Waals surface area contributed by atoms with Crippen molar-refractivity contribution in [3.05, 3.63) is 109 Å². The lowest BCUT2D eigenvalue weighted by molar-refractivity contribution is -0.379. The van der Waals surface area contributed by atoms with Crippen molar-refractivity contribution in [1.29, 1.82) is 0 Å². The van der Waals surface area contributed by atoms with Gasteiger partial charge < -0.3 is 89.9 Å². The van der Waals surface area contributed by atoms with Crippen LogP contribution in [-0.4, -0.2) is 193 Å². The first-order valence-corrected chi connectivity index (χ1v) is 42.1. The maximum absolute atomic E-state index is 13.5. The van der Waals surface area contributed by atoms with Crippen molar-refractivity contribution >= 4 is 5.91 Å². The largest absolute Gasteiger partial charge is 0.394 e. The van der Waals surface area contributed by atoms with Crippen molar-refractivity contribution in [1.82, 2.24) is 5.32 Å². The Bertz CT molecular complexity index is 2340. The van der Waals surface area contributed by atoms with E-state index in [-0.39, 0.29) is 18.9 Å². The number of rotatable bonds is 66. The van der Waals surface area contributed by atoms with Crippen molar-refractivity contribution in [2.75, 3.05) is 26.4 Å². The number of carbonyl (C=O) groups is 1. The van der Waals surface area contributed by atoms with Gasteiger partial charge in [0, 0.05) is 6.42 Å². The molecule has 19 nitrogen and oxygen atoms in total. The molecule has 0 aromatic rings. The lowest BCUT2D eigenvalue weighted by Gasteiger charge is -2.48. The standard InChI is InChI=1S/C87H151NO18/c1-3-5-7-9-11-13-15-17-19-21-23-25-27-29-31-33-34-35-36-37-39-41-43-45-47-49-51-53-55-57-59-61-63-65-75(93)88-70(71(92)64-62-60-58-56-54-52-50-48-46-44-42-40-38-32-30-28-26-24-22-20-18-16-14-12-10-8-6-4-2)69-101-85-81(99)78(96)83(73(67-90)103-85)106-87-82(100)79(97)84(74(68-91)104-87)105-86-80(98)77(95)76(94)72(66-89)102-86/h5,7,11,13,17,19,23,25,29,31,34-35,37,39,54,56,62,64,70-74,76-87,89-92,94-100H,3-4,6,8-10,12,14-16,18,20-22,24,26-28,30,32-33,36,38,40-53,55,57-61,63,65-69H2,1-2H3,(H,88,93)/b7-5-,13-11-,19-17-,25-23-,31-29-,35-34-,39-37-,56-54+,64-62+. The van der Waals surface area contributed by atoms with Gasteiger partial charge in [0.1, 0.15) is 73.2 Å². The van der Waals surface area contributed by atoms with Gasteiger partial charge in [0.05, 0.1) is 38.6 Å². The summed E-state index contributed by atoms with van der Waals surface area (Å²) in [5, 5.41) is 121. The van der Waals surface area contributed by atoms with Crippen LogP contribution in [0.15, 0.2) is 109 Å². The number of amides is 1. The van der Waals surface area contributed by atoms with Crippen molar-refractivity contribution in [2.24, 2.45) is 0 Å². The molecular weight excluding hydrogens is 1350 g/mol. The van der Waals surface area contributed by atoms with Gasteiger partial charge in [-0.1, -0.05) is 316 Å². The van der Waals surface area contributed by atoms with E-state index >= 15 is 0 Å². The number of carbonyl (C=O) groups excluding carboxylic acids is 1. The number of nitrogens with one attached hydrogen (secondary N) is 1. The van der Waals surface area contributed by atoms with Crippen LogP contribution >= 0.6 is 0 Å². The lowest BCUT2D eigenvalue weighted by Crippen LogP contribution is -2.66. The average Bonchev–Trinajstić information content (AvgIpc) is 0.781. The van der Waals surface area contributed by atoms with E-state index in [4.69, 9.17) is 28.4 Å². The molecule has 12 N–H and O–H groups in total. The first-order chi connectivity index (χ1) is 51.8. The lowest BCUT2D eigenvalue weighted by atomic mass is 9.96. The Hall–Kier alpha value is -3.55. The summed E-state index contributed by atoms with van der Waals surface area (Å²) < 4.78 is 34.5. The average molecular weight is 1500 g/mol. The fourth-order valence-electron chi connectivity index (χ4n) is 13.6. The maximum atomic E-state index is 13.5. The van der Waals surface area contributed by atoms with Crippen LogP contribution in [0.1, 0.15) is 303 Å². The van der Waals surface area contributed by atoms with E-state index in [1.54, 1.807) is 6.08 Å². The summed E-state index contributed by atoms with van der Waals surface area (Å²) in [6.45, 7) is 1.63. The summed E-state index contributed by atoms with van der Waals surface area (Å²) in [5.74, 6) is -0.290. The number of unbranched alkanes of at least 4 members (excludes halogenated alkanes) is 34. The summed E-state index contributed by atoms with van der Waals surface area (Å²) in [5.41, 5.74) is 0. The van der Waals surface area contributed by atoms with Gasteiger partial charge in [-0.15, -0.1) is 0 Å². The first kappa shape index (κ1) is 96.6. The molecule has 106 heavy (non-hydrogen) atoms. The van der Waals surface area contributed by atoms with Crippen LogP contribution in [0, 0.1) is 0 Å². The number of allylic oxidation sites excluding steroid dienone is 17. The zero-order chi connectivity index (χ0) is 76.7. The normalized spacial score (nSPS) is 26.2. The van der Waals surface area contributed by atoms with Gasteiger partial charge in [-0.25, -0.2) is 0 Å². The highest BCUT2D eigenvalue weighted by Crippen LogP contribution is 2.33. The summed E-state index contributed by atoms with van der Waals surface area (Å²) in [4.78, 5) is 13.5. The monoisotopic (exact) mass is 1500 g/mol. The van der Waals surface area contributed by atoms with E-state index in [1.807, 2.05) is 6.08 Å². The minimum absolute atomic E-state index is 0.226. The Morgan fingerprint density at radius 2 is 0.660 bits per heavy atom. The third-order valence-corrected chi connectivity index (χ3v) is 20.3. The van der Waals surface area contributed by atoms with Crippen LogP contribution in [0.4, 0.5) is 0 Å². The Morgan fingerprint density at radius 1 is 0.349 bits per heavy atom. The SMILES string of the molecule is CC/C=C\C/C=C\C/C=C\C/C=C\C/C=C\C/C=C\C/C=C\CCCCCCCCCCCCCC(=O)NC(COC1OC(CO)C(OC2OC(CO)C(OC3OC(CO)C(O)C(O)C3O)C(O)C2O)C(O)C1O)C(O)/C=C/CC/C=C/CCCCCCCCCCCCCCCCCCCCCCCC. The van der Waals surface area contributed by atoms with E-state index in [9.17, 15) is 61.0 Å². The van der Waals surface area contributed by atoms with Crippen LogP contribution in [0.25, 0.3) is 0 Å². The highest BCUT2D eigenvalue weighted by atomic mass is 16.8. The summed E-state index contributed by atoms with van der Waals surface area (Å²) >= 11 is 0. The van der Waals surface area contributed by atoms with Crippen molar-refractivity contribution < 1.29 is 89.4 Å². The van der Waals surface area contributed by atoms with Gasteiger partial charge in [-0.3, -0.25) is 4.79 Å². The molecule has 612 valence electrons. The smallest absolute Gasteiger partial charge is 0.220 e. The number of aliphatic hydroxyl groups excluding tert-OH is 11. The summed E-state index contributed by atoms with van der Waals surface area (Å²) in [6, 6.07) is -1.00. The van der Waals surface area contributed by atoms with E-state index in [0.717, 1.165) is 96.3 Å². The molecule has 0 aromatic carbocycles. The predicted octanol–water partition coefficient (Wildman–Crippen LogP) is 14.9. The highest BCUT2D eigenvalue weighted by Gasteiger charge is 2.54. The molecule has 0 aromatic heterocycles. The van der Waals surface area contributed by atoms with Crippen LogP contribution in [0.5, 0.6) is 0 Å². The fraction of sp³-hybridized carbons (Fsp3) is 0.782. The summed E-state index contributed by atoms with van der Waals surface area (Å²) in [6.07, 6.45) is 65.0. The molecule has 3 rings (SSSR count). The zero-order valence-corrected chi connectivity index (χ0v) is 65.6. The van der Waals surface area contributed by atoms with Crippen LogP contribution < -0.4 is 5.32 Å². The minimum Gasteiger partial charge on any atom is -0.394 e. The zero-order valence-electron chi connectivity index (χ0n) is 65.6. The second kappa shape index (κ2) is 66.1. The molecule has 0 radical (unpaired) electrons. The topological polar surface area (TPSA) is 307 Å². The van der Waals surface area contributed by atoms with Crippen molar-refractivity contribution in [2.45, 2.75) is 407 Å². The molecule has 17 unspecified atom stereocenters. The van der Waals surface area contributed by atoms with E-state index in [0.29, 0.717) is 12.8 Å². The molecule has 3 aliphatic heterocycles. The molecule has 19 heteroatoms. The van der Waals surface area contributed by atoms with Gasteiger partial charge in [0.15, 0.2) is 18.9 Å². The third-order valence-electron chi connectivity index (χ3n) is 20.3. The molecule has 0 saturated carbocycles. The highest BCUT2D eigenvalue weighted by molar-refractivity contribution is 5.76. The van der Waals surface area contributed by atoms with E-state index < -0.39 is 124 Å². The molecule has 3 fully saturated rings. The minimum atomic E-state index is -1.99. The number of aliphatic hydroxyl groups is 11. The first-order valence-electron chi connectivity index (χ1n) is 42.1. The number of ether oxygens (including phenoxy) is 6. The van der Waals surface area contributed by atoms with E-state index in [1.165, 1.54) is 173 Å². The molecule has 3 aliphatic rings. The molecule has 17 atom stereocenters. The maximum Gasteiger partial charge on any atom is 0.220 e. The number of hydrogen-bond acceptors (Lipinski definition) is 18. The van der Waals surface area contributed by atoms with Gasteiger partial charge in [0.25, 0.3) is 0 Å². The van der Waals surface area contributed by atoms with Gasteiger partial charge in [0.2, 0.25) is 5.91 Å². The van der Waals surface area contributed by atoms with Gasteiger partial charge in [-0.05, 0) is 89.9 Å². The molecule has 3 heterocycles. The molecule has 0 spiro atoms.